The molecule has 0 bridgehead atoms. The fourth-order valence-electron chi connectivity index (χ4n) is 0.565. The summed E-state index contributed by atoms with van der Waals surface area (Å²) in [7, 11) is 0. The number of hydrogen-bond donors (Lipinski definition) is 1. The maximum absolute atomic E-state index is 9.46. The molecule has 0 amide bonds. The van der Waals surface area contributed by atoms with Crippen LogP contribution in [0.15, 0.2) is 37.6 Å². The van der Waals surface area contributed by atoms with Crippen LogP contribution in [0.2, 0.25) is 0 Å². The summed E-state index contributed by atoms with van der Waals surface area (Å²) in [4.78, 5) is 9.46. The monoisotopic (exact) mass is 290 g/mol. The van der Waals surface area contributed by atoms with Gasteiger partial charge in [-0.25, -0.2) is 0 Å². The molecule has 0 saturated heterocycles. The van der Waals surface area contributed by atoms with Crippen LogP contribution >= 0.6 is 11.6 Å². The molecule has 0 aliphatic rings. The Kier molecular flexibility index (Phi) is 26.9. The smallest absolute Gasteiger partial charge is 0.244 e. The molecule has 0 aromatic carbocycles. The van der Waals surface area contributed by atoms with Gasteiger partial charge in [-0.1, -0.05) is 46.4 Å². The van der Waals surface area contributed by atoms with Gasteiger partial charge in [0.1, 0.15) is 5.76 Å². The Hall–Kier alpha value is -1.06. The standard InChI is InChI=1S/C8H14O.C4H10O.C3H3ClO/c1-4-6-7-9-8(3)5-2;1-2-3-4-5;1-2-3(4)5/h5H,2-4,6-7H2,1H3;5H,2-4H2,1H3;2H,1H2. The molecule has 1 N–H and O–H groups in total. The number of rotatable bonds is 8. The zero-order chi connectivity index (χ0) is 15.5. The van der Waals surface area contributed by atoms with Crippen LogP contribution in [0.1, 0.15) is 39.5 Å². The number of aliphatic hydroxyl groups is 1. The number of ether oxygens (including phenoxy) is 1. The van der Waals surface area contributed by atoms with Gasteiger partial charge in [0.05, 0.1) is 6.61 Å². The lowest BCUT2D eigenvalue weighted by Crippen LogP contribution is -1.89. The number of carbonyl (C=O) groups is 1. The number of unbranched alkanes of at least 4 members (excludes halogenated alkanes) is 2. The van der Waals surface area contributed by atoms with E-state index in [2.05, 4.69) is 33.6 Å². The molecule has 0 radical (unpaired) electrons. The molecule has 0 unspecified atom stereocenters. The highest BCUT2D eigenvalue weighted by Crippen LogP contribution is 1.96. The van der Waals surface area contributed by atoms with E-state index in [-0.39, 0.29) is 0 Å². The fourth-order valence-corrected chi connectivity index (χ4v) is 0.565. The van der Waals surface area contributed by atoms with E-state index in [1.807, 2.05) is 0 Å². The van der Waals surface area contributed by atoms with E-state index in [9.17, 15) is 4.79 Å². The molecule has 0 fully saturated rings. The minimum absolute atomic E-state index is 0.344. The molecule has 0 aromatic rings. The van der Waals surface area contributed by atoms with Gasteiger partial charge in [0, 0.05) is 6.61 Å². The van der Waals surface area contributed by atoms with Crippen molar-refractivity contribution in [2.45, 2.75) is 39.5 Å². The van der Waals surface area contributed by atoms with Crippen LogP contribution in [0, 0.1) is 0 Å². The van der Waals surface area contributed by atoms with Crippen LogP contribution in [0.3, 0.4) is 0 Å². The van der Waals surface area contributed by atoms with Gasteiger partial charge in [-0.2, -0.15) is 0 Å². The summed E-state index contributed by atoms with van der Waals surface area (Å²) in [6.07, 6.45) is 6.95. The first kappa shape index (κ1) is 23.1. The second-order valence-electron chi connectivity index (χ2n) is 3.46. The highest BCUT2D eigenvalue weighted by molar-refractivity contribution is 6.66. The van der Waals surface area contributed by atoms with Crippen LogP contribution in [0.5, 0.6) is 0 Å². The molecule has 112 valence electrons. The summed E-state index contributed by atoms with van der Waals surface area (Å²) in [6, 6.07) is 0. The average Bonchev–Trinajstić information content (AvgIpc) is 2.41. The van der Waals surface area contributed by atoms with Gasteiger partial charge in [0.15, 0.2) is 0 Å². The van der Waals surface area contributed by atoms with E-state index >= 15 is 0 Å². The molecule has 0 aromatic heterocycles. The first-order valence-electron chi connectivity index (χ1n) is 6.36. The van der Waals surface area contributed by atoms with Crippen molar-refractivity contribution < 1.29 is 14.6 Å². The van der Waals surface area contributed by atoms with E-state index < -0.39 is 5.24 Å². The normalized spacial score (nSPS) is 8.00. The molecule has 19 heavy (non-hydrogen) atoms. The third kappa shape index (κ3) is 38.3. The van der Waals surface area contributed by atoms with Gasteiger partial charge in [-0.05, 0) is 36.6 Å². The molecular weight excluding hydrogens is 264 g/mol. The number of aliphatic hydroxyl groups excluding tert-OH is 1. The third-order valence-corrected chi connectivity index (χ3v) is 1.84. The SMILES string of the molecule is C=CC(=C)OCCCC.C=CC(=O)Cl.CCCCO. The van der Waals surface area contributed by atoms with Crippen molar-refractivity contribution in [3.05, 3.63) is 37.6 Å². The zero-order valence-corrected chi connectivity index (χ0v) is 12.9. The third-order valence-electron chi connectivity index (χ3n) is 1.69. The van der Waals surface area contributed by atoms with E-state index in [0.717, 1.165) is 38.4 Å². The highest BCUT2D eigenvalue weighted by atomic mass is 35.5. The molecule has 4 heteroatoms. The largest absolute Gasteiger partial charge is 0.494 e. The van der Waals surface area contributed by atoms with Gasteiger partial charge >= 0.3 is 0 Å². The van der Waals surface area contributed by atoms with Crippen molar-refractivity contribution in [2.24, 2.45) is 0 Å². The van der Waals surface area contributed by atoms with Gasteiger partial charge in [0.2, 0.25) is 5.24 Å². The maximum atomic E-state index is 9.46. The van der Waals surface area contributed by atoms with Crippen molar-refractivity contribution in [2.75, 3.05) is 13.2 Å². The van der Waals surface area contributed by atoms with Crippen molar-refractivity contribution >= 4 is 16.8 Å². The summed E-state index contributed by atoms with van der Waals surface area (Å²) in [6.45, 7) is 15.5. The summed E-state index contributed by atoms with van der Waals surface area (Å²) in [5.41, 5.74) is 0. The predicted octanol–water partition coefficient (Wildman–Crippen LogP) is 4.22. The predicted molar refractivity (Wildman–Crippen MR) is 83.2 cm³/mol. The van der Waals surface area contributed by atoms with E-state index in [1.54, 1.807) is 6.08 Å². The summed E-state index contributed by atoms with van der Waals surface area (Å²) in [5.74, 6) is 0.670. The maximum Gasteiger partial charge on any atom is 0.244 e. The van der Waals surface area contributed by atoms with Crippen LogP contribution in [0.25, 0.3) is 0 Å². The highest BCUT2D eigenvalue weighted by Gasteiger charge is 1.85. The topological polar surface area (TPSA) is 46.5 Å². The second-order valence-corrected chi connectivity index (χ2v) is 3.83. The molecule has 3 nitrogen and oxygen atoms in total. The van der Waals surface area contributed by atoms with Gasteiger partial charge in [-0.15, -0.1) is 0 Å². The molecule has 0 heterocycles. The Morgan fingerprint density at radius 3 is 1.89 bits per heavy atom. The van der Waals surface area contributed by atoms with Gasteiger partial charge < -0.3 is 9.84 Å². The molecular formula is C15H27ClO3. The Bertz CT molecular complexity index is 236. The van der Waals surface area contributed by atoms with Gasteiger partial charge in [0.25, 0.3) is 0 Å². The minimum Gasteiger partial charge on any atom is -0.494 e. The lowest BCUT2D eigenvalue weighted by molar-refractivity contribution is -0.107. The minimum atomic E-state index is -0.509. The zero-order valence-electron chi connectivity index (χ0n) is 12.2. The van der Waals surface area contributed by atoms with Crippen molar-refractivity contribution in [3.63, 3.8) is 0 Å². The van der Waals surface area contributed by atoms with Crippen LogP contribution < -0.4 is 0 Å². The van der Waals surface area contributed by atoms with E-state index in [0.29, 0.717) is 12.4 Å². The van der Waals surface area contributed by atoms with Crippen molar-refractivity contribution in [1.82, 2.24) is 0 Å². The quantitative estimate of drug-likeness (QED) is 0.239. The summed E-state index contributed by atoms with van der Waals surface area (Å²) in [5, 5.41) is 7.56. The lowest BCUT2D eigenvalue weighted by Gasteiger charge is -2.01. The summed E-state index contributed by atoms with van der Waals surface area (Å²) >= 11 is 4.71. The molecule has 0 rings (SSSR count). The van der Waals surface area contributed by atoms with E-state index in [4.69, 9.17) is 21.4 Å². The Morgan fingerprint density at radius 1 is 1.21 bits per heavy atom. The molecule has 0 spiro atoms. The van der Waals surface area contributed by atoms with Crippen molar-refractivity contribution in [1.29, 1.82) is 0 Å². The van der Waals surface area contributed by atoms with Gasteiger partial charge in [-0.3, -0.25) is 4.79 Å². The number of carbonyl (C=O) groups excluding carboxylic acids is 1. The molecule has 0 saturated carbocycles. The Morgan fingerprint density at radius 2 is 1.68 bits per heavy atom. The van der Waals surface area contributed by atoms with Crippen LogP contribution in [-0.4, -0.2) is 23.6 Å². The van der Waals surface area contributed by atoms with Crippen molar-refractivity contribution in [3.8, 4) is 0 Å². The van der Waals surface area contributed by atoms with Crippen LogP contribution in [-0.2, 0) is 9.53 Å². The fraction of sp³-hybridized carbons (Fsp3) is 0.533. The first-order valence-corrected chi connectivity index (χ1v) is 6.74. The lowest BCUT2D eigenvalue weighted by atomic mass is 10.4. The number of halogens is 1. The first-order chi connectivity index (χ1) is 8.99. The number of hydrogen-bond acceptors (Lipinski definition) is 3. The Balaban J connectivity index is -0.000000219. The molecule has 0 aliphatic carbocycles. The van der Waals surface area contributed by atoms with Crippen LogP contribution in [0.4, 0.5) is 0 Å². The number of allylic oxidation sites excluding steroid dienone is 2. The molecule has 0 aliphatic heterocycles. The summed E-state index contributed by atoms with van der Waals surface area (Å²) < 4.78 is 5.12. The Labute approximate surface area is 122 Å². The van der Waals surface area contributed by atoms with E-state index in [1.165, 1.54) is 0 Å². The molecule has 0 atom stereocenters. The second kappa shape index (κ2) is 22.1. The average molecular weight is 291 g/mol.